The monoisotopic (exact) mass is 433 g/mol. The van der Waals surface area contributed by atoms with Crippen molar-refractivity contribution in [1.29, 1.82) is 5.26 Å². The Hall–Kier alpha value is -3.40. The molecular weight excluding hydrogens is 414 g/mol. The Balaban J connectivity index is 1.72. The molecule has 0 spiro atoms. The molecule has 0 aliphatic carbocycles. The number of benzene rings is 2. The lowest BCUT2D eigenvalue weighted by Gasteiger charge is -2.26. The van der Waals surface area contributed by atoms with E-state index in [9.17, 15) is 10.1 Å². The molecule has 1 fully saturated rings. The minimum atomic E-state index is -0.194. The second-order valence-electron chi connectivity index (χ2n) is 7.00. The Morgan fingerprint density at radius 3 is 2.48 bits per heavy atom. The van der Waals surface area contributed by atoms with Crippen molar-refractivity contribution in [1.82, 2.24) is 9.88 Å². The summed E-state index contributed by atoms with van der Waals surface area (Å²) in [5.41, 5.74) is 3.29. The molecule has 156 valence electrons. The molecule has 3 aromatic rings. The molecule has 1 aromatic heterocycles. The Morgan fingerprint density at radius 2 is 1.81 bits per heavy atom. The normalized spacial score (nSPS) is 13.5. The molecule has 1 saturated heterocycles. The molecule has 0 unspecified atom stereocenters. The first-order chi connectivity index (χ1) is 15.2. The van der Waals surface area contributed by atoms with Gasteiger partial charge in [-0.15, -0.1) is 0 Å². The van der Waals surface area contributed by atoms with Crippen LogP contribution >= 0.6 is 11.6 Å². The number of hydrogen-bond acceptors (Lipinski definition) is 5. The topological polar surface area (TPSA) is 75.5 Å². The van der Waals surface area contributed by atoms with Crippen LogP contribution in [0.2, 0.25) is 5.02 Å². The molecule has 0 atom stereocenters. The molecule has 31 heavy (non-hydrogen) atoms. The maximum Gasteiger partial charge on any atom is 0.260 e. The average molecular weight is 434 g/mol. The number of rotatable bonds is 5. The molecule has 0 bridgehead atoms. The van der Waals surface area contributed by atoms with Crippen molar-refractivity contribution in [3.63, 3.8) is 0 Å². The molecule has 1 aliphatic rings. The number of nitrogens with zero attached hydrogens (tertiary/aromatic N) is 3. The minimum absolute atomic E-state index is 0.135. The van der Waals surface area contributed by atoms with Gasteiger partial charge in [0.15, 0.2) is 6.61 Å². The van der Waals surface area contributed by atoms with E-state index in [0.29, 0.717) is 42.6 Å². The lowest BCUT2D eigenvalue weighted by molar-refractivity contribution is -0.137. The van der Waals surface area contributed by atoms with Crippen molar-refractivity contribution in [2.75, 3.05) is 32.9 Å². The van der Waals surface area contributed by atoms with E-state index in [4.69, 9.17) is 21.1 Å². The number of aromatic nitrogens is 1. The fourth-order valence-corrected chi connectivity index (χ4v) is 3.51. The first-order valence-corrected chi connectivity index (χ1v) is 10.3. The van der Waals surface area contributed by atoms with Crippen molar-refractivity contribution < 1.29 is 14.3 Å². The van der Waals surface area contributed by atoms with Crippen LogP contribution in [0, 0.1) is 11.3 Å². The van der Waals surface area contributed by atoms with E-state index in [0.717, 1.165) is 11.1 Å². The van der Waals surface area contributed by atoms with Gasteiger partial charge in [0.25, 0.3) is 5.91 Å². The predicted octanol–water partition coefficient (Wildman–Crippen LogP) is 4.18. The van der Waals surface area contributed by atoms with Gasteiger partial charge < -0.3 is 14.4 Å². The summed E-state index contributed by atoms with van der Waals surface area (Å²) in [6, 6.07) is 20.9. The summed E-state index contributed by atoms with van der Waals surface area (Å²) in [5.74, 6) is -0.0254. The van der Waals surface area contributed by atoms with Gasteiger partial charge >= 0.3 is 0 Å². The van der Waals surface area contributed by atoms with E-state index in [-0.39, 0.29) is 24.0 Å². The van der Waals surface area contributed by atoms with E-state index in [1.807, 2.05) is 48.5 Å². The van der Waals surface area contributed by atoms with Crippen molar-refractivity contribution >= 4 is 17.5 Å². The first kappa shape index (κ1) is 20.9. The van der Waals surface area contributed by atoms with Gasteiger partial charge in [-0.05, 0) is 23.8 Å². The van der Waals surface area contributed by atoms with Crippen LogP contribution in [0.25, 0.3) is 22.4 Å². The van der Waals surface area contributed by atoms with Gasteiger partial charge in [-0.25, -0.2) is 4.98 Å². The number of halogens is 1. The fraction of sp³-hybridized carbons (Fsp3) is 0.208. The maximum absolute atomic E-state index is 12.5. The molecule has 7 heteroatoms. The Morgan fingerprint density at radius 1 is 1.10 bits per heavy atom. The van der Waals surface area contributed by atoms with Gasteiger partial charge in [-0.1, -0.05) is 54.1 Å². The second-order valence-corrected chi connectivity index (χ2v) is 7.44. The summed E-state index contributed by atoms with van der Waals surface area (Å²) in [6.45, 7) is 1.89. The quantitative estimate of drug-likeness (QED) is 0.603. The van der Waals surface area contributed by atoms with Gasteiger partial charge in [-0.3, -0.25) is 4.79 Å². The molecule has 4 rings (SSSR count). The summed E-state index contributed by atoms with van der Waals surface area (Å²) in [4.78, 5) is 18.8. The molecule has 1 aliphatic heterocycles. The standard InChI is InChI=1S/C24H20ClN3O3/c25-19-8-6-17(7-9-19)20-14-22(18-4-2-1-3-5-18)27-24(21(20)15-26)31-16-23(29)28-10-12-30-13-11-28/h1-9,14H,10-13,16H2. The van der Waals surface area contributed by atoms with E-state index >= 15 is 0 Å². The second kappa shape index (κ2) is 9.61. The van der Waals surface area contributed by atoms with E-state index in [2.05, 4.69) is 11.1 Å². The molecule has 0 N–H and O–H groups in total. The van der Waals surface area contributed by atoms with Crippen LogP contribution in [0.4, 0.5) is 0 Å². The lowest BCUT2D eigenvalue weighted by atomic mass is 9.99. The van der Waals surface area contributed by atoms with Crippen molar-refractivity contribution in [2.24, 2.45) is 0 Å². The highest BCUT2D eigenvalue weighted by molar-refractivity contribution is 6.30. The first-order valence-electron chi connectivity index (χ1n) is 9.90. The molecule has 2 heterocycles. The molecule has 0 radical (unpaired) electrons. The van der Waals surface area contributed by atoms with Gasteiger partial charge in [0, 0.05) is 29.2 Å². The zero-order chi connectivity index (χ0) is 21.6. The predicted molar refractivity (Wildman–Crippen MR) is 118 cm³/mol. The molecule has 0 saturated carbocycles. The van der Waals surface area contributed by atoms with Crippen LogP contribution in [-0.4, -0.2) is 48.7 Å². The zero-order valence-electron chi connectivity index (χ0n) is 16.8. The van der Waals surface area contributed by atoms with E-state index in [1.54, 1.807) is 17.0 Å². The summed E-state index contributed by atoms with van der Waals surface area (Å²) >= 11 is 6.04. The van der Waals surface area contributed by atoms with E-state index < -0.39 is 0 Å². The van der Waals surface area contributed by atoms with Gasteiger partial charge in [0.2, 0.25) is 5.88 Å². The van der Waals surface area contributed by atoms with Crippen molar-refractivity contribution in [2.45, 2.75) is 0 Å². The third-order valence-electron chi connectivity index (χ3n) is 5.02. The van der Waals surface area contributed by atoms with Crippen LogP contribution in [0.5, 0.6) is 5.88 Å². The number of carbonyl (C=O) groups excluding carboxylic acids is 1. The number of morpholine rings is 1. The van der Waals surface area contributed by atoms with Gasteiger partial charge in [0.05, 0.1) is 18.9 Å². The largest absolute Gasteiger partial charge is 0.467 e. The third kappa shape index (κ3) is 4.85. The highest BCUT2D eigenvalue weighted by atomic mass is 35.5. The summed E-state index contributed by atoms with van der Waals surface area (Å²) in [5, 5.41) is 10.5. The minimum Gasteiger partial charge on any atom is -0.467 e. The van der Waals surface area contributed by atoms with E-state index in [1.165, 1.54) is 0 Å². The van der Waals surface area contributed by atoms with Crippen LogP contribution in [-0.2, 0) is 9.53 Å². The Labute approximate surface area is 185 Å². The smallest absolute Gasteiger partial charge is 0.260 e. The Bertz CT molecular complexity index is 1110. The average Bonchev–Trinajstić information content (AvgIpc) is 2.83. The fourth-order valence-electron chi connectivity index (χ4n) is 3.38. The Kier molecular flexibility index (Phi) is 6.46. The zero-order valence-corrected chi connectivity index (χ0v) is 17.5. The van der Waals surface area contributed by atoms with Crippen LogP contribution in [0.15, 0.2) is 60.7 Å². The van der Waals surface area contributed by atoms with Crippen molar-refractivity contribution in [3.8, 4) is 34.3 Å². The number of amides is 1. The summed E-state index contributed by atoms with van der Waals surface area (Å²) in [7, 11) is 0. The highest BCUT2D eigenvalue weighted by Crippen LogP contribution is 2.34. The number of ether oxygens (including phenoxy) is 2. The molecule has 2 aromatic carbocycles. The number of pyridine rings is 1. The summed E-state index contributed by atoms with van der Waals surface area (Å²) in [6.07, 6.45) is 0. The molecular formula is C24H20ClN3O3. The lowest BCUT2D eigenvalue weighted by Crippen LogP contribution is -2.43. The number of carbonyl (C=O) groups is 1. The van der Waals surface area contributed by atoms with Crippen LogP contribution < -0.4 is 4.74 Å². The maximum atomic E-state index is 12.5. The van der Waals surface area contributed by atoms with Crippen molar-refractivity contribution in [3.05, 3.63) is 71.2 Å². The molecule has 6 nitrogen and oxygen atoms in total. The number of hydrogen-bond donors (Lipinski definition) is 0. The van der Waals surface area contributed by atoms with Crippen LogP contribution in [0.3, 0.4) is 0 Å². The molecule has 1 amide bonds. The van der Waals surface area contributed by atoms with Crippen LogP contribution in [0.1, 0.15) is 5.56 Å². The third-order valence-corrected chi connectivity index (χ3v) is 5.27. The summed E-state index contributed by atoms with van der Waals surface area (Å²) < 4.78 is 11.1. The van der Waals surface area contributed by atoms with Gasteiger partial charge in [-0.2, -0.15) is 5.26 Å². The number of nitriles is 1. The highest BCUT2D eigenvalue weighted by Gasteiger charge is 2.21. The SMILES string of the molecule is N#Cc1c(-c2ccc(Cl)cc2)cc(-c2ccccc2)nc1OCC(=O)N1CCOCC1. The van der Waals surface area contributed by atoms with Gasteiger partial charge in [0.1, 0.15) is 11.6 Å².